The zero-order valence-electron chi connectivity index (χ0n) is 16.7. The highest BCUT2D eigenvalue weighted by atomic mass is 32.1. The smallest absolute Gasteiger partial charge is 0.251 e. The third-order valence-corrected chi connectivity index (χ3v) is 5.56. The molecule has 1 aliphatic heterocycles. The summed E-state index contributed by atoms with van der Waals surface area (Å²) in [4.78, 5) is 29.0. The van der Waals surface area contributed by atoms with Crippen LogP contribution in [-0.4, -0.2) is 30.1 Å². The first-order chi connectivity index (χ1) is 15.6. The number of rotatable bonds is 6. The number of anilines is 1. The second-order valence-electron chi connectivity index (χ2n) is 6.86. The van der Waals surface area contributed by atoms with Crippen molar-refractivity contribution in [1.82, 2.24) is 10.3 Å². The summed E-state index contributed by atoms with van der Waals surface area (Å²) in [5, 5.41) is 5.75. The Bertz CT molecular complexity index is 1310. The zero-order valence-corrected chi connectivity index (χ0v) is 17.5. The first kappa shape index (κ1) is 19.8. The van der Waals surface area contributed by atoms with Gasteiger partial charge in [0.15, 0.2) is 16.6 Å². The Morgan fingerprint density at radius 3 is 2.69 bits per heavy atom. The van der Waals surface area contributed by atoms with Crippen molar-refractivity contribution in [2.45, 2.75) is 0 Å². The van der Waals surface area contributed by atoms with Crippen LogP contribution >= 0.6 is 11.3 Å². The molecule has 2 heterocycles. The number of aromatic nitrogens is 1. The SMILES string of the molecule is O=C(CNC(=O)c1ccc2c(c1)OCO2)Nc1nc2ccc(Oc3ccccc3)cc2s1. The lowest BCUT2D eigenvalue weighted by Gasteiger charge is -2.06. The van der Waals surface area contributed by atoms with Crippen molar-refractivity contribution in [3.63, 3.8) is 0 Å². The molecule has 2 amide bonds. The van der Waals surface area contributed by atoms with E-state index >= 15 is 0 Å². The fraction of sp³-hybridized carbons (Fsp3) is 0.0870. The minimum absolute atomic E-state index is 0.130. The number of amides is 2. The summed E-state index contributed by atoms with van der Waals surface area (Å²) in [7, 11) is 0. The quantitative estimate of drug-likeness (QED) is 0.460. The van der Waals surface area contributed by atoms with Crippen molar-refractivity contribution in [2.24, 2.45) is 0 Å². The van der Waals surface area contributed by atoms with E-state index in [0.717, 1.165) is 16.0 Å². The third kappa shape index (κ3) is 4.33. The van der Waals surface area contributed by atoms with Crippen LogP contribution in [0.4, 0.5) is 5.13 Å². The Morgan fingerprint density at radius 1 is 0.969 bits per heavy atom. The number of hydrogen-bond acceptors (Lipinski definition) is 7. The van der Waals surface area contributed by atoms with E-state index in [9.17, 15) is 9.59 Å². The Balaban J connectivity index is 1.19. The Kier molecular flexibility index (Phi) is 5.30. The van der Waals surface area contributed by atoms with Gasteiger partial charge in [0.2, 0.25) is 12.7 Å². The molecular weight excluding hydrogens is 430 g/mol. The van der Waals surface area contributed by atoms with Gasteiger partial charge in [0.05, 0.1) is 16.8 Å². The predicted octanol–water partition coefficient (Wildman–Crippen LogP) is 4.19. The standard InChI is InChI=1S/C23H17N3O5S/c27-21(12-24-22(28)14-6-9-18-19(10-14)30-13-29-18)26-23-25-17-8-7-16(11-20(17)32-23)31-15-4-2-1-3-5-15/h1-11H,12-13H2,(H,24,28)(H,25,26,27). The molecule has 0 spiro atoms. The summed E-state index contributed by atoms with van der Waals surface area (Å²) in [6.45, 7) is -0.0591. The molecule has 0 radical (unpaired) electrons. The normalized spacial score (nSPS) is 11.9. The van der Waals surface area contributed by atoms with Crippen molar-refractivity contribution >= 4 is 38.5 Å². The minimum atomic E-state index is -0.384. The van der Waals surface area contributed by atoms with Gasteiger partial charge >= 0.3 is 0 Å². The first-order valence-corrected chi connectivity index (χ1v) is 10.6. The van der Waals surface area contributed by atoms with E-state index in [1.165, 1.54) is 11.3 Å². The summed E-state index contributed by atoms with van der Waals surface area (Å²) in [5.41, 5.74) is 1.13. The van der Waals surface area contributed by atoms with Gasteiger partial charge in [-0.25, -0.2) is 4.98 Å². The number of carbonyl (C=O) groups excluding carboxylic acids is 2. The Hall–Kier alpha value is -4.11. The molecule has 0 fully saturated rings. The van der Waals surface area contributed by atoms with Crippen LogP contribution in [0.2, 0.25) is 0 Å². The van der Waals surface area contributed by atoms with Gasteiger partial charge in [-0.3, -0.25) is 9.59 Å². The number of nitrogens with one attached hydrogen (secondary N) is 2. The average Bonchev–Trinajstić information content (AvgIpc) is 3.43. The fourth-order valence-corrected chi connectivity index (χ4v) is 4.02. The summed E-state index contributed by atoms with van der Waals surface area (Å²) < 4.78 is 17.2. The summed E-state index contributed by atoms with van der Waals surface area (Å²) in [5.74, 6) is 1.76. The molecule has 4 aromatic rings. The van der Waals surface area contributed by atoms with Crippen LogP contribution in [0.5, 0.6) is 23.0 Å². The molecule has 5 rings (SSSR count). The third-order valence-electron chi connectivity index (χ3n) is 4.63. The van der Waals surface area contributed by atoms with Crippen molar-refractivity contribution in [2.75, 3.05) is 18.7 Å². The van der Waals surface area contributed by atoms with Gasteiger partial charge in [-0.1, -0.05) is 29.5 Å². The van der Waals surface area contributed by atoms with E-state index in [2.05, 4.69) is 15.6 Å². The molecule has 0 atom stereocenters. The Morgan fingerprint density at radius 2 is 1.81 bits per heavy atom. The molecule has 3 aromatic carbocycles. The van der Waals surface area contributed by atoms with Crippen molar-refractivity contribution in [1.29, 1.82) is 0 Å². The van der Waals surface area contributed by atoms with Gasteiger partial charge in [0.25, 0.3) is 5.91 Å². The minimum Gasteiger partial charge on any atom is -0.457 e. The van der Waals surface area contributed by atoms with Crippen molar-refractivity contribution in [3.8, 4) is 23.0 Å². The predicted molar refractivity (Wildman–Crippen MR) is 120 cm³/mol. The van der Waals surface area contributed by atoms with E-state index in [4.69, 9.17) is 14.2 Å². The van der Waals surface area contributed by atoms with Crippen LogP contribution in [0.1, 0.15) is 10.4 Å². The monoisotopic (exact) mass is 447 g/mol. The molecule has 160 valence electrons. The number of benzene rings is 3. The molecule has 0 saturated carbocycles. The van der Waals surface area contributed by atoms with E-state index < -0.39 is 0 Å². The molecule has 8 nitrogen and oxygen atoms in total. The Labute approximate surface area is 186 Å². The number of hydrogen-bond donors (Lipinski definition) is 2. The maximum atomic E-state index is 12.3. The zero-order chi connectivity index (χ0) is 21.9. The largest absolute Gasteiger partial charge is 0.457 e. The molecule has 2 N–H and O–H groups in total. The second-order valence-corrected chi connectivity index (χ2v) is 7.89. The number of carbonyl (C=O) groups is 2. The fourth-order valence-electron chi connectivity index (χ4n) is 3.11. The highest BCUT2D eigenvalue weighted by Gasteiger charge is 2.17. The van der Waals surface area contributed by atoms with Crippen LogP contribution in [0.25, 0.3) is 10.2 Å². The molecule has 1 aromatic heterocycles. The van der Waals surface area contributed by atoms with Crippen LogP contribution in [-0.2, 0) is 4.79 Å². The van der Waals surface area contributed by atoms with Crippen molar-refractivity contribution < 1.29 is 23.8 Å². The summed E-state index contributed by atoms with van der Waals surface area (Å²) in [6, 6.07) is 19.9. The highest BCUT2D eigenvalue weighted by Crippen LogP contribution is 2.33. The highest BCUT2D eigenvalue weighted by molar-refractivity contribution is 7.22. The lowest BCUT2D eigenvalue weighted by atomic mass is 10.2. The maximum absolute atomic E-state index is 12.3. The van der Waals surface area contributed by atoms with Gasteiger partial charge in [-0.05, 0) is 42.5 Å². The molecule has 1 aliphatic rings. The van der Waals surface area contributed by atoms with Gasteiger partial charge < -0.3 is 24.8 Å². The van der Waals surface area contributed by atoms with Gasteiger partial charge in [-0.2, -0.15) is 0 Å². The first-order valence-electron chi connectivity index (χ1n) is 9.75. The maximum Gasteiger partial charge on any atom is 0.251 e. The topological polar surface area (TPSA) is 98.8 Å². The molecule has 0 saturated heterocycles. The number of thiazole rings is 1. The van der Waals surface area contributed by atoms with Gasteiger partial charge in [-0.15, -0.1) is 0 Å². The van der Waals surface area contributed by atoms with Crippen LogP contribution in [0.3, 0.4) is 0 Å². The molecule has 0 unspecified atom stereocenters. The molecule has 0 bridgehead atoms. The van der Waals surface area contributed by atoms with E-state index in [0.29, 0.717) is 27.9 Å². The average molecular weight is 447 g/mol. The second kappa shape index (κ2) is 8.56. The van der Waals surface area contributed by atoms with E-state index in [1.54, 1.807) is 18.2 Å². The number of fused-ring (bicyclic) bond motifs is 2. The summed E-state index contributed by atoms with van der Waals surface area (Å²) in [6.07, 6.45) is 0. The molecule has 9 heteroatoms. The van der Waals surface area contributed by atoms with Crippen molar-refractivity contribution in [3.05, 3.63) is 72.3 Å². The van der Waals surface area contributed by atoms with Crippen LogP contribution in [0.15, 0.2) is 66.7 Å². The lowest BCUT2D eigenvalue weighted by molar-refractivity contribution is -0.115. The molecule has 32 heavy (non-hydrogen) atoms. The molecule has 0 aliphatic carbocycles. The van der Waals surface area contributed by atoms with Crippen LogP contribution in [0, 0.1) is 0 Å². The van der Waals surface area contributed by atoms with Crippen LogP contribution < -0.4 is 24.8 Å². The summed E-state index contributed by atoms with van der Waals surface area (Å²) >= 11 is 1.33. The van der Waals surface area contributed by atoms with E-state index in [-0.39, 0.29) is 25.2 Å². The molecular formula is C23H17N3O5S. The number of nitrogens with zero attached hydrogens (tertiary/aromatic N) is 1. The van der Waals surface area contributed by atoms with E-state index in [1.807, 2.05) is 48.5 Å². The lowest BCUT2D eigenvalue weighted by Crippen LogP contribution is -2.32. The number of ether oxygens (including phenoxy) is 3. The van der Waals surface area contributed by atoms with Gasteiger partial charge in [0, 0.05) is 11.6 Å². The number of para-hydroxylation sites is 1. The van der Waals surface area contributed by atoms with Gasteiger partial charge in [0.1, 0.15) is 11.5 Å².